The lowest BCUT2D eigenvalue weighted by Crippen LogP contribution is -1.93. The molecule has 0 aromatic rings. The maximum Gasteiger partial charge on any atom is 0.337 e. The Labute approximate surface area is 79.2 Å². The fourth-order valence-electron chi connectivity index (χ4n) is 1.22. The molecule has 1 aliphatic rings. The van der Waals surface area contributed by atoms with E-state index in [-0.39, 0.29) is 5.95 Å². The second-order valence-corrected chi connectivity index (χ2v) is 3.13. The van der Waals surface area contributed by atoms with Gasteiger partial charge in [0.25, 0.3) is 0 Å². The third kappa shape index (κ3) is 3.86. The standard InChI is InChI=1S/C11H15O2/c1-2-3-4-5-7-10-8-6-9-11(12)13-10/h6,9H,2-5,7H2,1H3. The van der Waals surface area contributed by atoms with Crippen LogP contribution in [0.4, 0.5) is 0 Å². The molecule has 2 heteroatoms. The van der Waals surface area contributed by atoms with Crippen LogP contribution in [0.5, 0.6) is 0 Å². The number of ether oxygens (including phenoxy) is 1. The van der Waals surface area contributed by atoms with Crippen LogP contribution in [-0.4, -0.2) is 0 Å². The van der Waals surface area contributed by atoms with E-state index in [0.717, 1.165) is 12.8 Å². The average molecular weight is 179 g/mol. The van der Waals surface area contributed by atoms with Gasteiger partial charge in [0, 0.05) is 12.5 Å². The van der Waals surface area contributed by atoms with Gasteiger partial charge in [-0.05, 0) is 12.5 Å². The normalized spacial score (nSPS) is 14.8. The van der Waals surface area contributed by atoms with Gasteiger partial charge in [0.05, 0.1) is 0 Å². The van der Waals surface area contributed by atoms with Crippen LogP contribution < -0.4 is 0 Å². The molecule has 0 aromatic heterocycles. The lowest BCUT2D eigenvalue weighted by Gasteiger charge is -2.06. The molecule has 0 saturated carbocycles. The summed E-state index contributed by atoms with van der Waals surface area (Å²) in [4.78, 5) is 0. The molecule has 0 aliphatic carbocycles. The third-order valence-electron chi connectivity index (χ3n) is 1.94. The lowest BCUT2D eigenvalue weighted by molar-refractivity contribution is 0.0891. The molecule has 13 heavy (non-hydrogen) atoms. The molecule has 1 radical (unpaired) electrons. The summed E-state index contributed by atoms with van der Waals surface area (Å²) in [6.07, 6.45) is 8.59. The van der Waals surface area contributed by atoms with Gasteiger partial charge in [-0.3, -0.25) is 0 Å². The van der Waals surface area contributed by atoms with E-state index >= 15 is 0 Å². The Morgan fingerprint density at radius 1 is 1.38 bits per heavy atom. The minimum absolute atomic E-state index is 0.274. The molecule has 0 unspecified atom stereocenters. The maximum atomic E-state index is 10.8. The highest BCUT2D eigenvalue weighted by molar-refractivity contribution is 5.11. The van der Waals surface area contributed by atoms with Crippen LogP contribution in [-0.2, 0) is 9.84 Å². The SMILES string of the molecule is CCCCCCC1=C=CC=C([O])O1. The molecular formula is C11H15O2. The second kappa shape index (κ2) is 5.50. The van der Waals surface area contributed by atoms with Crippen molar-refractivity contribution in [2.24, 2.45) is 0 Å². The first kappa shape index (κ1) is 9.94. The highest BCUT2D eigenvalue weighted by Gasteiger charge is 2.05. The first-order chi connectivity index (χ1) is 6.33. The summed E-state index contributed by atoms with van der Waals surface area (Å²) in [5.74, 6) is 0.410. The Hall–Kier alpha value is -1.14. The van der Waals surface area contributed by atoms with Crippen LogP contribution in [0, 0.1) is 0 Å². The van der Waals surface area contributed by atoms with Crippen molar-refractivity contribution < 1.29 is 9.84 Å². The molecule has 0 saturated heterocycles. The van der Waals surface area contributed by atoms with Crippen molar-refractivity contribution in [2.75, 3.05) is 0 Å². The van der Waals surface area contributed by atoms with Crippen molar-refractivity contribution in [2.45, 2.75) is 39.0 Å². The molecule has 2 nitrogen and oxygen atoms in total. The van der Waals surface area contributed by atoms with Crippen LogP contribution in [0.3, 0.4) is 0 Å². The van der Waals surface area contributed by atoms with E-state index in [1.807, 2.05) is 0 Å². The fraction of sp³-hybridized carbons (Fsp3) is 0.545. The van der Waals surface area contributed by atoms with Gasteiger partial charge in [-0.1, -0.05) is 31.9 Å². The van der Waals surface area contributed by atoms with E-state index in [1.54, 1.807) is 6.08 Å². The smallest absolute Gasteiger partial charge is 0.337 e. The Morgan fingerprint density at radius 3 is 2.92 bits per heavy atom. The molecule has 1 aliphatic heterocycles. The quantitative estimate of drug-likeness (QED) is 0.470. The molecule has 1 heterocycles. The molecule has 1 rings (SSSR count). The van der Waals surface area contributed by atoms with Gasteiger partial charge in [-0.2, -0.15) is 0 Å². The summed E-state index contributed by atoms with van der Waals surface area (Å²) >= 11 is 0. The van der Waals surface area contributed by atoms with Crippen LogP contribution in [0.1, 0.15) is 39.0 Å². The Morgan fingerprint density at radius 2 is 2.23 bits per heavy atom. The van der Waals surface area contributed by atoms with E-state index in [0.29, 0.717) is 5.76 Å². The number of unbranched alkanes of at least 4 members (excludes halogenated alkanes) is 3. The van der Waals surface area contributed by atoms with Gasteiger partial charge in [0.15, 0.2) is 0 Å². The van der Waals surface area contributed by atoms with Crippen molar-refractivity contribution in [1.82, 2.24) is 0 Å². The second-order valence-electron chi connectivity index (χ2n) is 3.13. The molecule has 0 amide bonds. The van der Waals surface area contributed by atoms with Crippen LogP contribution in [0.2, 0.25) is 0 Å². The molecule has 0 spiro atoms. The summed E-state index contributed by atoms with van der Waals surface area (Å²) in [7, 11) is 0. The summed E-state index contributed by atoms with van der Waals surface area (Å²) in [5.41, 5.74) is 2.92. The lowest BCUT2D eigenvalue weighted by atomic mass is 10.1. The van der Waals surface area contributed by atoms with E-state index in [2.05, 4.69) is 12.7 Å². The first-order valence-electron chi connectivity index (χ1n) is 4.83. The van der Waals surface area contributed by atoms with Gasteiger partial charge in [-0.25, -0.2) is 5.11 Å². The van der Waals surface area contributed by atoms with Gasteiger partial charge in [0.1, 0.15) is 5.76 Å². The van der Waals surface area contributed by atoms with E-state index < -0.39 is 0 Å². The molecule has 0 N–H and O–H groups in total. The summed E-state index contributed by atoms with van der Waals surface area (Å²) < 4.78 is 4.95. The monoisotopic (exact) mass is 179 g/mol. The predicted molar refractivity (Wildman–Crippen MR) is 50.2 cm³/mol. The Balaban J connectivity index is 2.20. The molecule has 0 aromatic carbocycles. The summed E-state index contributed by atoms with van der Waals surface area (Å²) in [5, 5.41) is 10.8. The van der Waals surface area contributed by atoms with Gasteiger partial charge in [-0.15, -0.1) is 0 Å². The summed E-state index contributed by atoms with van der Waals surface area (Å²) in [6, 6.07) is 0. The number of rotatable bonds is 5. The number of hydrogen-bond donors (Lipinski definition) is 0. The zero-order valence-corrected chi connectivity index (χ0v) is 8.01. The minimum Gasteiger partial charge on any atom is -0.419 e. The maximum absolute atomic E-state index is 10.8. The topological polar surface area (TPSA) is 29.1 Å². The third-order valence-corrected chi connectivity index (χ3v) is 1.94. The van der Waals surface area contributed by atoms with Crippen molar-refractivity contribution in [1.29, 1.82) is 0 Å². The molecule has 0 bridgehead atoms. The molecular weight excluding hydrogens is 164 g/mol. The summed E-state index contributed by atoms with van der Waals surface area (Å²) in [6.45, 7) is 2.18. The highest BCUT2D eigenvalue weighted by atomic mass is 16.6. The zero-order chi connectivity index (χ0) is 9.52. The zero-order valence-electron chi connectivity index (χ0n) is 8.01. The van der Waals surface area contributed by atoms with Gasteiger partial charge >= 0.3 is 5.95 Å². The highest BCUT2D eigenvalue weighted by Crippen LogP contribution is 2.15. The van der Waals surface area contributed by atoms with E-state index in [9.17, 15) is 5.11 Å². The Kier molecular flexibility index (Phi) is 4.20. The Bertz CT molecular complexity index is 245. The number of allylic oxidation sites excluding steroid dienone is 2. The minimum atomic E-state index is -0.274. The molecule has 0 atom stereocenters. The predicted octanol–water partition coefficient (Wildman–Crippen LogP) is 3.30. The largest absolute Gasteiger partial charge is 0.419 e. The van der Waals surface area contributed by atoms with Crippen molar-refractivity contribution in [3.05, 3.63) is 29.6 Å². The van der Waals surface area contributed by atoms with Crippen LogP contribution >= 0.6 is 0 Å². The van der Waals surface area contributed by atoms with Crippen molar-refractivity contribution >= 4 is 0 Å². The van der Waals surface area contributed by atoms with Crippen molar-refractivity contribution in [3.8, 4) is 0 Å². The van der Waals surface area contributed by atoms with E-state index in [1.165, 1.54) is 25.3 Å². The number of hydrogen-bond acceptors (Lipinski definition) is 1. The van der Waals surface area contributed by atoms with Gasteiger partial charge < -0.3 is 4.74 Å². The van der Waals surface area contributed by atoms with Gasteiger partial charge in [0.2, 0.25) is 0 Å². The fourth-order valence-corrected chi connectivity index (χ4v) is 1.22. The van der Waals surface area contributed by atoms with Crippen molar-refractivity contribution in [3.63, 3.8) is 0 Å². The first-order valence-corrected chi connectivity index (χ1v) is 4.83. The van der Waals surface area contributed by atoms with E-state index in [4.69, 9.17) is 4.74 Å². The average Bonchev–Trinajstić information content (AvgIpc) is 2.13. The van der Waals surface area contributed by atoms with Crippen LogP contribution in [0.15, 0.2) is 29.6 Å². The van der Waals surface area contributed by atoms with Crippen LogP contribution in [0.25, 0.3) is 0 Å². The molecule has 71 valence electrons. The molecule has 0 fully saturated rings.